The Morgan fingerprint density at radius 2 is 1.89 bits per heavy atom. The molecular weight excluding hydrogens is 218 g/mol. The summed E-state index contributed by atoms with van der Waals surface area (Å²) in [5, 5.41) is 0. The smallest absolute Gasteiger partial charge is 0.0555 e. The standard InChI is InChI=1S/C17H19N/c1-4-14-15-10-11-16(17(14)12(2)3)18(15)13-8-6-5-7-9-13/h4-9,15-16H,1-2,10-11H2,3H3. The highest BCUT2D eigenvalue weighted by Crippen LogP contribution is 2.46. The zero-order chi connectivity index (χ0) is 12.7. The van der Waals surface area contributed by atoms with Crippen molar-refractivity contribution in [1.82, 2.24) is 0 Å². The highest BCUT2D eigenvalue weighted by Gasteiger charge is 2.44. The van der Waals surface area contributed by atoms with Gasteiger partial charge < -0.3 is 4.90 Å². The van der Waals surface area contributed by atoms with Crippen LogP contribution < -0.4 is 4.90 Å². The van der Waals surface area contributed by atoms with Gasteiger partial charge >= 0.3 is 0 Å². The van der Waals surface area contributed by atoms with Gasteiger partial charge in [-0.05, 0) is 43.0 Å². The lowest BCUT2D eigenvalue weighted by atomic mass is 9.88. The minimum atomic E-state index is 0.501. The first kappa shape index (κ1) is 11.3. The summed E-state index contributed by atoms with van der Waals surface area (Å²) in [5.41, 5.74) is 5.33. The van der Waals surface area contributed by atoms with Crippen molar-refractivity contribution in [2.24, 2.45) is 0 Å². The third-order valence-corrected chi connectivity index (χ3v) is 4.12. The first-order valence-corrected chi connectivity index (χ1v) is 6.60. The Morgan fingerprint density at radius 1 is 1.22 bits per heavy atom. The van der Waals surface area contributed by atoms with E-state index in [0.29, 0.717) is 12.1 Å². The van der Waals surface area contributed by atoms with Gasteiger partial charge in [-0.25, -0.2) is 0 Å². The van der Waals surface area contributed by atoms with Crippen LogP contribution in [0.2, 0.25) is 0 Å². The highest BCUT2D eigenvalue weighted by atomic mass is 15.2. The van der Waals surface area contributed by atoms with Crippen LogP contribution in [0, 0.1) is 0 Å². The average Bonchev–Trinajstić information content (AvgIpc) is 2.94. The molecule has 0 aliphatic carbocycles. The number of para-hydroxylation sites is 1. The summed E-state index contributed by atoms with van der Waals surface area (Å²) in [7, 11) is 0. The molecule has 0 spiro atoms. The molecule has 0 radical (unpaired) electrons. The lowest BCUT2D eigenvalue weighted by Crippen LogP contribution is -2.30. The summed E-state index contributed by atoms with van der Waals surface area (Å²) >= 11 is 0. The Kier molecular flexibility index (Phi) is 2.62. The molecule has 2 atom stereocenters. The SMILES string of the molecule is C=CC1=C(C(=C)C)C2CCC1N2c1ccccc1. The van der Waals surface area contributed by atoms with E-state index in [9.17, 15) is 0 Å². The third kappa shape index (κ3) is 1.47. The van der Waals surface area contributed by atoms with E-state index < -0.39 is 0 Å². The van der Waals surface area contributed by atoms with E-state index in [1.54, 1.807) is 0 Å². The van der Waals surface area contributed by atoms with Gasteiger partial charge in [-0.2, -0.15) is 0 Å². The van der Waals surface area contributed by atoms with Gasteiger partial charge in [-0.1, -0.05) is 43.0 Å². The molecular formula is C17H19N. The van der Waals surface area contributed by atoms with Crippen LogP contribution in [0.4, 0.5) is 5.69 Å². The molecule has 0 aromatic heterocycles. The van der Waals surface area contributed by atoms with Crippen LogP contribution in [0.25, 0.3) is 0 Å². The summed E-state index contributed by atoms with van der Waals surface area (Å²) in [6.45, 7) is 10.3. The fourth-order valence-electron chi connectivity index (χ4n) is 3.51. The molecule has 92 valence electrons. The van der Waals surface area contributed by atoms with Gasteiger partial charge in [0, 0.05) is 5.69 Å². The predicted octanol–water partition coefficient (Wildman–Crippen LogP) is 4.10. The topological polar surface area (TPSA) is 3.24 Å². The van der Waals surface area contributed by atoms with Gasteiger partial charge in [-0.15, -0.1) is 0 Å². The minimum Gasteiger partial charge on any atom is -0.357 e. The Bertz CT molecular complexity index is 524. The molecule has 1 fully saturated rings. The van der Waals surface area contributed by atoms with Gasteiger partial charge in [0.05, 0.1) is 12.1 Å². The summed E-state index contributed by atoms with van der Waals surface area (Å²) < 4.78 is 0. The molecule has 1 aromatic rings. The van der Waals surface area contributed by atoms with Crippen LogP contribution in [0.5, 0.6) is 0 Å². The van der Waals surface area contributed by atoms with E-state index >= 15 is 0 Å². The molecule has 1 aromatic carbocycles. The van der Waals surface area contributed by atoms with E-state index in [1.165, 1.54) is 35.2 Å². The van der Waals surface area contributed by atoms with Gasteiger partial charge in [0.15, 0.2) is 0 Å². The van der Waals surface area contributed by atoms with Gasteiger partial charge in [0.1, 0.15) is 0 Å². The second-order valence-electron chi connectivity index (χ2n) is 5.21. The maximum absolute atomic E-state index is 4.15. The molecule has 1 saturated heterocycles. The summed E-state index contributed by atoms with van der Waals surface area (Å²) in [6.07, 6.45) is 4.50. The number of benzene rings is 1. The highest BCUT2D eigenvalue weighted by molar-refractivity contribution is 5.64. The van der Waals surface area contributed by atoms with Crippen molar-refractivity contribution in [3.8, 4) is 0 Å². The zero-order valence-electron chi connectivity index (χ0n) is 10.9. The summed E-state index contributed by atoms with van der Waals surface area (Å²) in [4.78, 5) is 2.54. The Hall–Kier alpha value is -1.76. The van der Waals surface area contributed by atoms with Crippen LogP contribution in [-0.4, -0.2) is 12.1 Å². The first-order chi connectivity index (χ1) is 8.74. The molecule has 0 amide bonds. The number of nitrogens with zero attached hydrogens (tertiary/aromatic N) is 1. The number of hydrogen-bond donors (Lipinski definition) is 0. The largest absolute Gasteiger partial charge is 0.357 e. The number of hydrogen-bond acceptors (Lipinski definition) is 1. The molecule has 2 aliphatic rings. The number of fused-ring (bicyclic) bond motifs is 2. The lowest BCUT2D eigenvalue weighted by Gasteiger charge is -2.26. The Balaban J connectivity index is 2.05. The minimum absolute atomic E-state index is 0.501. The van der Waals surface area contributed by atoms with Crippen LogP contribution >= 0.6 is 0 Å². The van der Waals surface area contributed by atoms with E-state index in [-0.39, 0.29) is 0 Å². The van der Waals surface area contributed by atoms with Crippen molar-refractivity contribution in [3.05, 3.63) is 66.3 Å². The maximum atomic E-state index is 4.15. The summed E-state index contributed by atoms with van der Waals surface area (Å²) in [6, 6.07) is 11.7. The first-order valence-electron chi connectivity index (χ1n) is 6.60. The van der Waals surface area contributed by atoms with Crippen molar-refractivity contribution in [2.45, 2.75) is 31.8 Å². The zero-order valence-corrected chi connectivity index (χ0v) is 10.9. The van der Waals surface area contributed by atoms with Crippen molar-refractivity contribution in [1.29, 1.82) is 0 Å². The Morgan fingerprint density at radius 3 is 2.44 bits per heavy atom. The molecule has 1 nitrogen and oxygen atoms in total. The second-order valence-corrected chi connectivity index (χ2v) is 5.21. The lowest BCUT2D eigenvalue weighted by molar-refractivity contribution is 0.761. The average molecular weight is 237 g/mol. The van der Waals surface area contributed by atoms with Crippen molar-refractivity contribution in [3.63, 3.8) is 0 Å². The molecule has 0 N–H and O–H groups in total. The van der Waals surface area contributed by atoms with Crippen LogP contribution in [0.3, 0.4) is 0 Å². The van der Waals surface area contributed by atoms with E-state index in [0.717, 1.165) is 0 Å². The molecule has 18 heavy (non-hydrogen) atoms. The van der Waals surface area contributed by atoms with Gasteiger partial charge in [0.2, 0.25) is 0 Å². The third-order valence-electron chi connectivity index (χ3n) is 4.12. The van der Waals surface area contributed by atoms with Crippen molar-refractivity contribution < 1.29 is 0 Å². The molecule has 3 rings (SSSR count). The normalized spacial score (nSPS) is 25.7. The summed E-state index contributed by atoms with van der Waals surface area (Å²) in [5.74, 6) is 0. The second kappa shape index (κ2) is 4.16. The Labute approximate surface area is 109 Å². The quantitative estimate of drug-likeness (QED) is 0.765. The predicted molar refractivity (Wildman–Crippen MR) is 77.8 cm³/mol. The van der Waals surface area contributed by atoms with Gasteiger partial charge in [0.25, 0.3) is 0 Å². The maximum Gasteiger partial charge on any atom is 0.0555 e. The van der Waals surface area contributed by atoms with Crippen molar-refractivity contribution in [2.75, 3.05) is 4.90 Å². The van der Waals surface area contributed by atoms with Crippen LogP contribution in [0.15, 0.2) is 66.3 Å². The van der Waals surface area contributed by atoms with E-state index in [1.807, 2.05) is 6.08 Å². The van der Waals surface area contributed by atoms with E-state index in [2.05, 4.69) is 55.3 Å². The molecule has 0 saturated carbocycles. The fraction of sp³-hybridized carbons (Fsp3) is 0.294. The number of anilines is 1. The molecule has 2 unspecified atom stereocenters. The van der Waals surface area contributed by atoms with Crippen molar-refractivity contribution >= 4 is 5.69 Å². The van der Waals surface area contributed by atoms with Crippen LogP contribution in [-0.2, 0) is 0 Å². The molecule has 1 heteroatoms. The molecule has 2 heterocycles. The van der Waals surface area contributed by atoms with E-state index in [4.69, 9.17) is 0 Å². The van der Waals surface area contributed by atoms with Crippen LogP contribution in [0.1, 0.15) is 19.8 Å². The monoisotopic (exact) mass is 237 g/mol. The molecule has 2 aliphatic heterocycles. The fourth-order valence-corrected chi connectivity index (χ4v) is 3.51. The van der Waals surface area contributed by atoms with Gasteiger partial charge in [-0.3, -0.25) is 0 Å². The molecule has 2 bridgehead atoms. The number of rotatable bonds is 3.